The van der Waals surface area contributed by atoms with Gasteiger partial charge in [0.05, 0.1) is 5.71 Å². The summed E-state index contributed by atoms with van der Waals surface area (Å²) in [6, 6.07) is 8.54. The monoisotopic (exact) mass is 448 g/mol. The van der Waals surface area contributed by atoms with Crippen molar-refractivity contribution in [2.45, 2.75) is 44.1 Å². The van der Waals surface area contributed by atoms with Crippen LogP contribution in [0.15, 0.2) is 41.8 Å². The van der Waals surface area contributed by atoms with E-state index in [-0.39, 0.29) is 11.3 Å². The van der Waals surface area contributed by atoms with Gasteiger partial charge in [-0.15, -0.1) is 0 Å². The average Bonchev–Trinajstić information content (AvgIpc) is 3.14. The van der Waals surface area contributed by atoms with Gasteiger partial charge in [-0.1, -0.05) is 29.4 Å². The second-order valence-electron chi connectivity index (χ2n) is 9.55. The molecule has 33 heavy (non-hydrogen) atoms. The highest BCUT2D eigenvalue weighted by Gasteiger charge is 2.45. The van der Waals surface area contributed by atoms with Gasteiger partial charge >= 0.3 is 0 Å². The van der Waals surface area contributed by atoms with Crippen LogP contribution in [0, 0.1) is 5.92 Å². The van der Waals surface area contributed by atoms with Crippen molar-refractivity contribution in [1.82, 2.24) is 19.8 Å². The van der Waals surface area contributed by atoms with Gasteiger partial charge in [0.1, 0.15) is 7.11 Å². The first-order valence-corrected chi connectivity index (χ1v) is 11.9. The summed E-state index contributed by atoms with van der Waals surface area (Å²) in [5, 5.41) is 4.30. The van der Waals surface area contributed by atoms with E-state index in [1.54, 1.807) is 19.5 Å². The van der Waals surface area contributed by atoms with Crippen molar-refractivity contribution in [3.8, 4) is 0 Å². The van der Waals surface area contributed by atoms with Crippen molar-refractivity contribution >= 4 is 17.6 Å². The SMILES string of the molecule is CO/N=C1\CC2(CCN(C(=O)C3CCN(Cc4cnc(N)nc4)CC3)CC2)c2ccccc21. The van der Waals surface area contributed by atoms with Gasteiger partial charge in [0.15, 0.2) is 0 Å². The van der Waals surface area contributed by atoms with E-state index in [2.05, 4.69) is 49.2 Å². The number of nitrogens with zero attached hydrogens (tertiary/aromatic N) is 5. The Kier molecular flexibility index (Phi) is 6.01. The van der Waals surface area contributed by atoms with Gasteiger partial charge in [-0.3, -0.25) is 9.69 Å². The van der Waals surface area contributed by atoms with Crippen molar-refractivity contribution in [2.24, 2.45) is 11.1 Å². The van der Waals surface area contributed by atoms with Crippen LogP contribution in [-0.2, 0) is 21.6 Å². The second kappa shape index (κ2) is 9.09. The molecule has 8 heteroatoms. The van der Waals surface area contributed by atoms with E-state index in [1.165, 1.54) is 11.1 Å². The number of fused-ring (bicyclic) bond motifs is 2. The molecule has 2 saturated heterocycles. The lowest BCUT2D eigenvalue weighted by atomic mass is 9.73. The molecule has 0 saturated carbocycles. The van der Waals surface area contributed by atoms with Gasteiger partial charge in [-0.05, 0) is 44.3 Å². The van der Waals surface area contributed by atoms with Gasteiger partial charge in [0, 0.05) is 60.9 Å². The Hall–Kier alpha value is -3.00. The molecule has 3 heterocycles. The lowest BCUT2D eigenvalue weighted by Gasteiger charge is -2.42. The maximum atomic E-state index is 13.3. The number of aromatic nitrogens is 2. The van der Waals surface area contributed by atoms with Crippen molar-refractivity contribution in [1.29, 1.82) is 0 Å². The van der Waals surface area contributed by atoms with E-state index in [0.717, 1.165) is 76.1 Å². The summed E-state index contributed by atoms with van der Waals surface area (Å²) in [5.74, 6) is 0.756. The number of nitrogen functional groups attached to an aromatic ring is 1. The van der Waals surface area contributed by atoms with Crippen LogP contribution in [0.25, 0.3) is 0 Å². The smallest absolute Gasteiger partial charge is 0.225 e. The number of rotatable bonds is 4. The molecule has 5 rings (SSSR count). The summed E-state index contributed by atoms with van der Waals surface area (Å²) in [6.45, 7) is 4.27. The average molecular weight is 449 g/mol. The van der Waals surface area contributed by atoms with Crippen LogP contribution < -0.4 is 5.73 Å². The maximum Gasteiger partial charge on any atom is 0.225 e. The molecular formula is C25H32N6O2. The molecular weight excluding hydrogens is 416 g/mol. The molecule has 1 aliphatic carbocycles. The van der Waals surface area contributed by atoms with Gasteiger partial charge in [-0.25, -0.2) is 9.97 Å². The molecule has 1 amide bonds. The van der Waals surface area contributed by atoms with Crippen LogP contribution in [0.2, 0.25) is 0 Å². The normalized spacial score (nSPS) is 22.0. The zero-order valence-electron chi connectivity index (χ0n) is 19.2. The Morgan fingerprint density at radius 2 is 1.85 bits per heavy atom. The molecule has 0 bridgehead atoms. The Labute approximate surface area is 194 Å². The van der Waals surface area contributed by atoms with E-state index in [4.69, 9.17) is 10.6 Å². The highest BCUT2D eigenvalue weighted by atomic mass is 16.6. The summed E-state index contributed by atoms with van der Waals surface area (Å²) in [7, 11) is 1.61. The molecule has 2 aromatic rings. The van der Waals surface area contributed by atoms with E-state index < -0.39 is 0 Å². The number of hydrogen-bond acceptors (Lipinski definition) is 7. The minimum absolute atomic E-state index is 0.0786. The zero-order chi connectivity index (χ0) is 22.8. The number of anilines is 1. The van der Waals surface area contributed by atoms with Crippen LogP contribution in [0.5, 0.6) is 0 Å². The molecule has 174 valence electrons. The zero-order valence-corrected chi connectivity index (χ0v) is 19.2. The quantitative estimate of drug-likeness (QED) is 0.722. The number of amides is 1. The number of piperidine rings is 2. The molecule has 1 aromatic carbocycles. The molecule has 2 fully saturated rings. The Morgan fingerprint density at radius 3 is 2.55 bits per heavy atom. The maximum absolute atomic E-state index is 13.3. The Bertz CT molecular complexity index is 1020. The first-order valence-electron chi connectivity index (χ1n) is 11.9. The summed E-state index contributed by atoms with van der Waals surface area (Å²) >= 11 is 0. The van der Waals surface area contributed by atoms with Crippen molar-refractivity contribution in [3.63, 3.8) is 0 Å². The largest absolute Gasteiger partial charge is 0.399 e. The van der Waals surface area contributed by atoms with Crippen molar-refractivity contribution in [2.75, 3.05) is 39.0 Å². The fourth-order valence-electron chi connectivity index (χ4n) is 5.80. The molecule has 3 aliphatic rings. The van der Waals surface area contributed by atoms with Crippen LogP contribution in [0.3, 0.4) is 0 Å². The molecule has 0 atom stereocenters. The van der Waals surface area contributed by atoms with E-state index >= 15 is 0 Å². The predicted molar refractivity (Wildman–Crippen MR) is 127 cm³/mol. The third kappa shape index (κ3) is 4.31. The molecule has 0 unspecified atom stereocenters. The van der Waals surface area contributed by atoms with E-state index in [1.807, 2.05) is 0 Å². The number of carbonyl (C=O) groups is 1. The third-order valence-corrected chi connectivity index (χ3v) is 7.62. The predicted octanol–water partition coefficient (Wildman–Crippen LogP) is 2.59. The minimum Gasteiger partial charge on any atom is -0.399 e. The fraction of sp³-hybridized carbons (Fsp3) is 0.520. The van der Waals surface area contributed by atoms with Crippen molar-refractivity contribution in [3.05, 3.63) is 53.3 Å². The molecule has 2 aliphatic heterocycles. The minimum atomic E-state index is 0.0786. The second-order valence-corrected chi connectivity index (χ2v) is 9.55. The third-order valence-electron chi connectivity index (χ3n) is 7.62. The molecule has 0 radical (unpaired) electrons. The first-order chi connectivity index (χ1) is 16.1. The summed E-state index contributed by atoms with van der Waals surface area (Å²) in [4.78, 5) is 31.0. The Morgan fingerprint density at radius 1 is 1.15 bits per heavy atom. The topological polar surface area (TPSA) is 96.9 Å². The fourth-order valence-corrected chi connectivity index (χ4v) is 5.80. The van der Waals surface area contributed by atoms with E-state index in [9.17, 15) is 4.79 Å². The molecule has 1 aromatic heterocycles. The van der Waals surface area contributed by atoms with E-state index in [0.29, 0.717) is 11.9 Å². The highest BCUT2D eigenvalue weighted by molar-refractivity contribution is 6.05. The van der Waals surface area contributed by atoms with Crippen LogP contribution in [0.4, 0.5) is 5.95 Å². The van der Waals surface area contributed by atoms with Crippen molar-refractivity contribution < 1.29 is 9.63 Å². The molecule has 8 nitrogen and oxygen atoms in total. The van der Waals surface area contributed by atoms with Crippen LogP contribution >= 0.6 is 0 Å². The standard InChI is InChI=1S/C25H32N6O2/c1-33-29-22-14-25(21-5-3-2-4-20(21)22)8-12-31(13-9-25)23(32)19-6-10-30(11-7-19)17-18-15-27-24(26)28-16-18/h2-5,15-16,19H,6-14,17H2,1H3,(H2,26,27,28)/b29-22+. The summed E-state index contributed by atoms with van der Waals surface area (Å²) < 4.78 is 0. The molecule has 1 spiro atoms. The van der Waals surface area contributed by atoms with Crippen LogP contribution in [0.1, 0.15) is 48.8 Å². The number of nitrogens with two attached hydrogens (primary N) is 1. The van der Waals surface area contributed by atoms with Crippen LogP contribution in [-0.4, -0.2) is 64.7 Å². The number of oxime groups is 1. The van der Waals surface area contributed by atoms with Gasteiger partial charge < -0.3 is 15.5 Å². The Balaban J connectivity index is 1.16. The molecule has 2 N–H and O–H groups in total. The number of carbonyl (C=O) groups excluding carboxylic acids is 1. The van der Waals surface area contributed by atoms with Gasteiger partial charge in [-0.2, -0.15) is 0 Å². The number of likely N-dealkylation sites (tertiary alicyclic amines) is 2. The number of hydrogen-bond donors (Lipinski definition) is 1. The lowest BCUT2D eigenvalue weighted by Crippen LogP contribution is -2.48. The lowest BCUT2D eigenvalue weighted by molar-refractivity contribution is -0.138. The summed E-state index contributed by atoms with van der Waals surface area (Å²) in [5.41, 5.74) is 10.3. The summed E-state index contributed by atoms with van der Waals surface area (Å²) in [6.07, 6.45) is 8.24. The number of benzene rings is 1. The first kappa shape index (κ1) is 21.8. The van der Waals surface area contributed by atoms with Gasteiger partial charge in [0.2, 0.25) is 11.9 Å². The highest BCUT2D eigenvalue weighted by Crippen LogP contribution is 2.46. The van der Waals surface area contributed by atoms with Gasteiger partial charge in [0.25, 0.3) is 0 Å².